The second-order valence-corrected chi connectivity index (χ2v) is 6.48. The van der Waals surface area contributed by atoms with Crippen LogP contribution < -0.4 is 10.6 Å². The molecule has 0 saturated carbocycles. The molecule has 0 saturated heterocycles. The van der Waals surface area contributed by atoms with Gasteiger partial charge in [-0.2, -0.15) is 5.10 Å². The summed E-state index contributed by atoms with van der Waals surface area (Å²) < 4.78 is 4.29. The molecule has 0 aliphatic carbocycles. The molecule has 0 unspecified atom stereocenters. The average molecular weight is 480 g/mol. The summed E-state index contributed by atoms with van der Waals surface area (Å²) in [4.78, 5) is 4.29. The monoisotopic (exact) mass is 480 g/mol. The van der Waals surface area contributed by atoms with Crippen molar-refractivity contribution >= 4 is 40.8 Å². The standard InChI is InChI=1S/C20H28N6.HI/c1-17-15-24-26(16-17)13-6-11-23-20(21-2)22-10-5-12-25-14-9-18-7-3-4-8-19(18)25;/h3-4,7-9,14-16H,5-6,10-13H2,1-2H3,(H2,21,22,23);1H. The molecule has 0 aliphatic rings. The first-order valence-corrected chi connectivity index (χ1v) is 9.24. The second-order valence-electron chi connectivity index (χ2n) is 6.48. The van der Waals surface area contributed by atoms with E-state index < -0.39 is 0 Å². The van der Waals surface area contributed by atoms with E-state index in [4.69, 9.17) is 0 Å². The first-order chi connectivity index (χ1) is 12.8. The van der Waals surface area contributed by atoms with Crippen molar-refractivity contribution in [3.63, 3.8) is 0 Å². The fraction of sp³-hybridized carbons (Fsp3) is 0.400. The lowest BCUT2D eigenvalue weighted by Gasteiger charge is -2.12. The molecule has 0 bridgehead atoms. The molecule has 1 aromatic carbocycles. The molecule has 3 aromatic rings. The number of para-hydroxylation sites is 1. The van der Waals surface area contributed by atoms with Crippen molar-refractivity contribution in [2.24, 2.45) is 4.99 Å². The van der Waals surface area contributed by atoms with Crippen LogP contribution in [0.3, 0.4) is 0 Å². The third-order valence-corrected chi connectivity index (χ3v) is 4.39. The Morgan fingerprint density at radius 3 is 2.52 bits per heavy atom. The average Bonchev–Trinajstić information content (AvgIpc) is 3.26. The van der Waals surface area contributed by atoms with Crippen LogP contribution in [0.15, 0.2) is 53.9 Å². The fourth-order valence-electron chi connectivity index (χ4n) is 3.05. The SMILES string of the molecule is CN=C(NCCCn1cc(C)cn1)NCCCn1ccc2ccccc21.I. The number of halogens is 1. The van der Waals surface area contributed by atoms with Crippen LogP contribution in [-0.2, 0) is 13.1 Å². The number of aromatic nitrogens is 3. The summed E-state index contributed by atoms with van der Waals surface area (Å²) in [7, 11) is 1.81. The van der Waals surface area contributed by atoms with Crippen LogP contribution in [-0.4, -0.2) is 40.4 Å². The Kier molecular flexibility index (Phi) is 8.63. The molecule has 0 atom stereocenters. The van der Waals surface area contributed by atoms with Gasteiger partial charge in [0.1, 0.15) is 0 Å². The summed E-state index contributed by atoms with van der Waals surface area (Å²) in [6.07, 6.45) is 8.18. The number of fused-ring (bicyclic) bond motifs is 1. The maximum Gasteiger partial charge on any atom is 0.190 e. The predicted molar refractivity (Wildman–Crippen MR) is 123 cm³/mol. The number of guanidine groups is 1. The van der Waals surface area contributed by atoms with Gasteiger partial charge in [-0.1, -0.05) is 18.2 Å². The largest absolute Gasteiger partial charge is 0.356 e. The minimum Gasteiger partial charge on any atom is -0.356 e. The molecule has 0 amide bonds. The Morgan fingerprint density at radius 1 is 1.07 bits per heavy atom. The molecule has 0 fully saturated rings. The van der Waals surface area contributed by atoms with Crippen LogP contribution in [0.4, 0.5) is 0 Å². The molecule has 7 heteroatoms. The van der Waals surface area contributed by atoms with Gasteiger partial charge in [0.15, 0.2) is 5.96 Å². The molecule has 27 heavy (non-hydrogen) atoms. The van der Waals surface area contributed by atoms with Crippen LogP contribution in [0.5, 0.6) is 0 Å². The number of aliphatic imine (C=N–C) groups is 1. The summed E-state index contributed by atoms with van der Waals surface area (Å²) in [5, 5.41) is 12.3. The number of nitrogens with zero attached hydrogens (tertiary/aromatic N) is 4. The van der Waals surface area contributed by atoms with E-state index in [1.54, 1.807) is 0 Å². The maximum atomic E-state index is 4.30. The molecule has 3 rings (SSSR count). The molecule has 2 heterocycles. The molecule has 0 aliphatic heterocycles. The van der Waals surface area contributed by atoms with Gasteiger partial charge in [0.05, 0.1) is 6.20 Å². The van der Waals surface area contributed by atoms with E-state index in [1.165, 1.54) is 16.5 Å². The van der Waals surface area contributed by atoms with Crippen molar-refractivity contribution in [3.05, 3.63) is 54.5 Å². The molecule has 146 valence electrons. The number of rotatable bonds is 8. The molecule has 2 N–H and O–H groups in total. The highest BCUT2D eigenvalue weighted by molar-refractivity contribution is 14.0. The fourth-order valence-corrected chi connectivity index (χ4v) is 3.05. The number of nitrogens with one attached hydrogen (secondary N) is 2. The van der Waals surface area contributed by atoms with Crippen molar-refractivity contribution in [1.29, 1.82) is 0 Å². The second kappa shape index (κ2) is 11.0. The zero-order valence-electron chi connectivity index (χ0n) is 16.1. The van der Waals surface area contributed by atoms with Gasteiger partial charge in [0, 0.05) is 51.1 Å². The summed E-state index contributed by atoms with van der Waals surface area (Å²) in [5.41, 5.74) is 2.50. The number of benzene rings is 1. The molecule has 2 aromatic heterocycles. The molecular weight excluding hydrogens is 451 g/mol. The van der Waals surface area contributed by atoms with E-state index in [1.807, 2.05) is 17.9 Å². The smallest absolute Gasteiger partial charge is 0.190 e. The van der Waals surface area contributed by atoms with E-state index in [9.17, 15) is 0 Å². The van der Waals surface area contributed by atoms with Gasteiger partial charge in [0.25, 0.3) is 0 Å². The normalized spacial score (nSPS) is 11.4. The minimum absolute atomic E-state index is 0. The first-order valence-electron chi connectivity index (χ1n) is 9.24. The van der Waals surface area contributed by atoms with Crippen LogP contribution >= 0.6 is 24.0 Å². The zero-order valence-corrected chi connectivity index (χ0v) is 18.4. The molecule has 6 nitrogen and oxygen atoms in total. The van der Waals surface area contributed by atoms with Crippen molar-refractivity contribution < 1.29 is 0 Å². The van der Waals surface area contributed by atoms with Crippen LogP contribution in [0.25, 0.3) is 10.9 Å². The maximum absolute atomic E-state index is 4.30. The molecule has 0 radical (unpaired) electrons. The Hall–Kier alpha value is -2.03. The van der Waals surface area contributed by atoms with Crippen molar-refractivity contribution in [3.8, 4) is 0 Å². The Labute approximate surface area is 178 Å². The number of hydrogen-bond acceptors (Lipinski definition) is 2. The lowest BCUT2D eigenvalue weighted by Crippen LogP contribution is -2.38. The third-order valence-electron chi connectivity index (χ3n) is 4.39. The summed E-state index contributed by atoms with van der Waals surface area (Å²) >= 11 is 0. The first kappa shape index (κ1) is 21.3. The highest BCUT2D eigenvalue weighted by atomic mass is 127. The summed E-state index contributed by atoms with van der Waals surface area (Å²) in [5.74, 6) is 0.860. The Balaban J connectivity index is 0.00000261. The van der Waals surface area contributed by atoms with E-state index in [-0.39, 0.29) is 24.0 Å². The summed E-state index contributed by atoms with van der Waals surface area (Å²) in [6.45, 7) is 5.74. The zero-order chi connectivity index (χ0) is 18.2. The van der Waals surface area contributed by atoms with Gasteiger partial charge in [0.2, 0.25) is 0 Å². The Morgan fingerprint density at radius 2 is 1.81 bits per heavy atom. The highest BCUT2D eigenvalue weighted by Crippen LogP contribution is 2.15. The van der Waals surface area contributed by atoms with Gasteiger partial charge in [-0.25, -0.2) is 0 Å². The van der Waals surface area contributed by atoms with Crippen LogP contribution in [0, 0.1) is 6.92 Å². The molecular formula is C20H29IN6. The van der Waals surface area contributed by atoms with Gasteiger partial charge >= 0.3 is 0 Å². The highest BCUT2D eigenvalue weighted by Gasteiger charge is 2.01. The minimum atomic E-state index is 0. The van der Waals surface area contributed by atoms with E-state index in [2.05, 4.69) is 74.9 Å². The van der Waals surface area contributed by atoms with Gasteiger partial charge < -0.3 is 15.2 Å². The quantitative estimate of drug-likeness (QED) is 0.225. The van der Waals surface area contributed by atoms with Crippen molar-refractivity contribution in [1.82, 2.24) is 25.0 Å². The lowest BCUT2D eigenvalue weighted by atomic mass is 10.2. The van der Waals surface area contributed by atoms with Gasteiger partial charge in [-0.15, -0.1) is 24.0 Å². The van der Waals surface area contributed by atoms with Crippen LogP contribution in [0.2, 0.25) is 0 Å². The van der Waals surface area contributed by atoms with Crippen molar-refractivity contribution in [2.45, 2.75) is 32.9 Å². The van der Waals surface area contributed by atoms with E-state index in [0.717, 1.165) is 45.0 Å². The topological polar surface area (TPSA) is 59.2 Å². The third kappa shape index (κ3) is 6.27. The number of hydrogen-bond donors (Lipinski definition) is 2. The van der Waals surface area contributed by atoms with Crippen molar-refractivity contribution in [2.75, 3.05) is 20.1 Å². The number of aryl methyl sites for hydroxylation is 3. The van der Waals surface area contributed by atoms with Gasteiger partial charge in [-0.3, -0.25) is 9.67 Å². The van der Waals surface area contributed by atoms with E-state index in [0.29, 0.717) is 0 Å². The van der Waals surface area contributed by atoms with Gasteiger partial charge in [-0.05, 0) is 42.8 Å². The summed E-state index contributed by atoms with van der Waals surface area (Å²) in [6, 6.07) is 10.7. The molecule has 0 spiro atoms. The lowest BCUT2D eigenvalue weighted by molar-refractivity contribution is 0.568. The predicted octanol–water partition coefficient (Wildman–Crippen LogP) is 3.41. The Bertz CT molecular complexity index is 851. The van der Waals surface area contributed by atoms with Crippen LogP contribution in [0.1, 0.15) is 18.4 Å². The van der Waals surface area contributed by atoms with E-state index >= 15 is 0 Å².